The molecule has 1 amide bonds. The molecule has 0 aromatic heterocycles. The van der Waals surface area contributed by atoms with E-state index in [9.17, 15) is 9.90 Å². The summed E-state index contributed by atoms with van der Waals surface area (Å²) in [6.07, 6.45) is 4.25. The Balaban J connectivity index is 1.74. The molecule has 0 spiro atoms. The van der Waals surface area contributed by atoms with Crippen LogP contribution in [0.5, 0.6) is 0 Å². The molecule has 0 radical (unpaired) electrons. The standard InChI is InChI=1S/C15H20ClNO2/c16-13-7-3-6-12(10-13)14(18)8-9-17-15(19)11-4-1-2-5-11/h3,6-7,10-11,14,18H,1-2,4-5,8-9H2,(H,17,19)/t14-/m0/s1. The van der Waals surface area contributed by atoms with Crippen LogP contribution in [0, 0.1) is 5.92 Å². The molecule has 0 unspecified atom stereocenters. The molecule has 1 saturated carbocycles. The SMILES string of the molecule is O=C(NCC[C@H](O)c1cccc(Cl)c1)C1CCCC1. The molecule has 0 heterocycles. The monoisotopic (exact) mass is 281 g/mol. The number of carbonyl (C=O) groups excluding carboxylic acids is 1. The number of benzene rings is 1. The number of aliphatic hydroxyl groups is 1. The van der Waals surface area contributed by atoms with Gasteiger partial charge in [0.15, 0.2) is 0 Å². The first-order valence-corrected chi connectivity index (χ1v) is 7.26. The third kappa shape index (κ3) is 4.22. The van der Waals surface area contributed by atoms with E-state index >= 15 is 0 Å². The smallest absolute Gasteiger partial charge is 0.223 e. The highest BCUT2D eigenvalue weighted by molar-refractivity contribution is 6.30. The van der Waals surface area contributed by atoms with Gasteiger partial charge in [-0.15, -0.1) is 0 Å². The molecule has 1 atom stereocenters. The van der Waals surface area contributed by atoms with Crippen LogP contribution in [0.25, 0.3) is 0 Å². The Morgan fingerprint density at radius 2 is 2.16 bits per heavy atom. The Morgan fingerprint density at radius 3 is 2.84 bits per heavy atom. The second-order valence-corrected chi connectivity index (χ2v) is 5.57. The summed E-state index contributed by atoms with van der Waals surface area (Å²) in [5.41, 5.74) is 0.794. The molecule has 1 aromatic carbocycles. The topological polar surface area (TPSA) is 49.3 Å². The number of halogens is 1. The second kappa shape index (κ2) is 6.92. The third-order valence-corrected chi connectivity index (χ3v) is 3.91. The van der Waals surface area contributed by atoms with E-state index in [4.69, 9.17) is 11.6 Å². The fourth-order valence-electron chi connectivity index (χ4n) is 2.54. The van der Waals surface area contributed by atoms with Gasteiger partial charge in [-0.3, -0.25) is 4.79 Å². The van der Waals surface area contributed by atoms with E-state index in [0.29, 0.717) is 18.0 Å². The van der Waals surface area contributed by atoms with Crippen LogP contribution in [0.15, 0.2) is 24.3 Å². The van der Waals surface area contributed by atoms with E-state index in [1.165, 1.54) is 0 Å². The van der Waals surface area contributed by atoms with Crippen LogP contribution in [0.4, 0.5) is 0 Å². The van der Waals surface area contributed by atoms with Crippen LogP contribution in [0.3, 0.4) is 0 Å². The first kappa shape index (κ1) is 14.4. The summed E-state index contributed by atoms with van der Waals surface area (Å²) in [7, 11) is 0. The van der Waals surface area contributed by atoms with E-state index in [1.54, 1.807) is 12.1 Å². The predicted molar refractivity (Wildman–Crippen MR) is 76.0 cm³/mol. The van der Waals surface area contributed by atoms with Gasteiger partial charge >= 0.3 is 0 Å². The molecular formula is C15H20ClNO2. The highest BCUT2D eigenvalue weighted by Crippen LogP contribution is 2.25. The average molecular weight is 282 g/mol. The molecule has 4 heteroatoms. The van der Waals surface area contributed by atoms with Gasteiger partial charge in [-0.25, -0.2) is 0 Å². The zero-order valence-corrected chi connectivity index (χ0v) is 11.7. The van der Waals surface area contributed by atoms with Crippen molar-refractivity contribution in [2.24, 2.45) is 5.92 Å². The third-order valence-electron chi connectivity index (χ3n) is 3.68. The Kier molecular flexibility index (Phi) is 5.23. The van der Waals surface area contributed by atoms with E-state index < -0.39 is 6.10 Å². The molecule has 1 aliphatic rings. The molecule has 0 saturated heterocycles. The van der Waals surface area contributed by atoms with Crippen molar-refractivity contribution in [3.05, 3.63) is 34.9 Å². The summed E-state index contributed by atoms with van der Waals surface area (Å²) in [5, 5.41) is 13.5. The molecule has 104 valence electrons. The van der Waals surface area contributed by atoms with Crippen molar-refractivity contribution < 1.29 is 9.90 Å². The molecule has 2 N–H and O–H groups in total. The fraction of sp³-hybridized carbons (Fsp3) is 0.533. The molecule has 19 heavy (non-hydrogen) atoms. The van der Waals surface area contributed by atoms with Crippen LogP contribution in [0.2, 0.25) is 5.02 Å². The zero-order chi connectivity index (χ0) is 13.7. The molecule has 1 aromatic rings. The lowest BCUT2D eigenvalue weighted by Gasteiger charge is -2.14. The van der Waals surface area contributed by atoms with Crippen molar-refractivity contribution in [1.29, 1.82) is 0 Å². The number of rotatable bonds is 5. The maximum absolute atomic E-state index is 11.8. The minimum atomic E-state index is -0.581. The van der Waals surface area contributed by atoms with Crippen molar-refractivity contribution in [2.75, 3.05) is 6.54 Å². The van der Waals surface area contributed by atoms with Crippen molar-refractivity contribution in [2.45, 2.75) is 38.2 Å². The van der Waals surface area contributed by atoms with Crippen LogP contribution >= 0.6 is 11.6 Å². The summed E-state index contributed by atoms with van der Waals surface area (Å²) in [4.78, 5) is 11.8. The number of nitrogens with one attached hydrogen (secondary N) is 1. The summed E-state index contributed by atoms with van der Waals surface area (Å²) in [6.45, 7) is 0.503. The molecule has 1 aliphatic carbocycles. The number of amides is 1. The molecule has 0 aliphatic heterocycles. The van der Waals surface area contributed by atoms with Crippen molar-refractivity contribution >= 4 is 17.5 Å². The van der Waals surface area contributed by atoms with Gasteiger partial charge in [-0.05, 0) is 37.0 Å². The predicted octanol–water partition coefficient (Wildman–Crippen LogP) is 3.07. The quantitative estimate of drug-likeness (QED) is 0.871. The first-order chi connectivity index (χ1) is 9.16. The zero-order valence-electron chi connectivity index (χ0n) is 10.9. The number of carbonyl (C=O) groups is 1. The molecular weight excluding hydrogens is 262 g/mol. The normalized spacial score (nSPS) is 17.4. The Labute approximate surface area is 119 Å². The van der Waals surface area contributed by atoms with Crippen molar-refractivity contribution in [3.63, 3.8) is 0 Å². The van der Waals surface area contributed by atoms with Crippen molar-refractivity contribution in [3.8, 4) is 0 Å². The molecule has 2 rings (SSSR count). The van der Waals surface area contributed by atoms with Gasteiger partial charge in [0, 0.05) is 17.5 Å². The summed E-state index contributed by atoms with van der Waals surface area (Å²) >= 11 is 5.88. The lowest BCUT2D eigenvalue weighted by molar-refractivity contribution is -0.124. The van der Waals surface area contributed by atoms with Crippen molar-refractivity contribution in [1.82, 2.24) is 5.32 Å². The number of aliphatic hydroxyl groups excluding tert-OH is 1. The largest absolute Gasteiger partial charge is 0.388 e. The van der Waals surface area contributed by atoms with Gasteiger partial charge < -0.3 is 10.4 Å². The van der Waals surface area contributed by atoms with E-state index in [-0.39, 0.29) is 11.8 Å². The maximum atomic E-state index is 11.8. The lowest BCUT2D eigenvalue weighted by Crippen LogP contribution is -2.30. The van der Waals surface area contributed by atoms with Gasteiger partial charge in [0.05, 0.1) is 6.10 Å². The second-order valence-electron chi connectivity index (χ2n) is 5.13. The van der Waals surface area contributed by atoms with Gasteiger partial charge in [0.1, 0.15) is 0 Å². The summed E-state index contributed by atoms with van der Waals surface area (Å²) in [6, 6.07) is 7.19. The van der Waals surface area contributed by atoms with Gasteiger partial charge in [0.25, 0.3) is 0 Å². The van der Waals surface area contributed by atoms with Crippen LogP contribution in [0.1, 0.15) is 43.8 Å². The highest BCUT2D eigenvalue weighted by Gasteiger charge is 2.22. The molecule has 0 bridgehead atoms. The Bertz CT molecular complexity index is 430. The Hall–Kier alpha value is -1.06. The highest BCUT2D eigenvalue weighted by atomic mass is 35.5. The van der Waals surface area contributed by atoms with E-state index in [2.05, 4.69) is 5.32 Å². The van der Waals surface area contributed by atoms with E-state index in [1.807, 2.05) is 12.1 Å². The maximum Gasteiger partial charge on any atom is 0.223 e. The number of hydrogen-bond acceptors (Lipinski definition) is 2. The van der Waals surface area contributed by atoms with Gasteiger partial charge in [0.2, 0.25) is 5.91 Å². The summed E-state index contributed by atoms with van der Waals surface area (Å²) < 4.78 is 0. The van der Waals surface area contributed by atoms with E-state index in [0.717, 1.165) is 31.2 Å². The molecule has 1 fully saturated rings. The molecule has 3 nitrogen and oxygen atoms in total. The van der Waals surface area contributed by atoms with Crippen LogP contribution in [-0.2, 0) is 4.79 Å². The van der Waals surface area contributed by atoms with Gasteiger partial charge in [-0.2, -0.15) is 0 Å². The lowest BCUT2D eigenvalue weighted by atomic mass is 10.1. The van der Waals surface area contributed by atoms with Crippen LogP contribution in [-0.4, -0.2) is 17.6 Å². The Morgan fingerprint density at radius 1 is 1.42 bits per heavy atom. The first-order valence-electron chi connectivity index (χ1n) is 6.88. The summed E-state index contributed by atoms with van der Waals surface area (Å²) in [5.74, 6) is 0.319. The number of hydrogen-bond donors (Lipinski definition) is 2. The van der Waals surface area contributed by atoms with Crippen LogP contribution < -0.4 is 5.32 Å². The minimum absolute atomic E-state index is 0.135. The fourth-order valence-corrected chi connectivity index (χ4v) is 2.74. The minimum Gasteiger partial charge on any atom is -0.388 e. The van der Waals surface area contributed by atoms with Gasteiger partial charge in [-0.1, -0.05) is 36.6 Å². The average Bonchev–Trinajstić information content (AvgIpc) is 2.92.